The monoisotopic (exact) mass is 589 g/mol. The van der Waals surface area contributed by atoms with Crippen LogP contribution in [0.3, 0.4) is 0 Å². The summed E-state index contributed by atoms with van der Waals surface area (Å²) in [6.45, 7) is 7.92. The van der Waals surface area contributed by atoms with Crippen molar-refractivity contribution in [2.75, 3.05) is 26.2 Å². The first-order valence-corrected chi connectivity index (χ1v) is 16.3. The van der Waals surface area contributed by atoms with Crippen LogP contribution in [0.2, 0.25) is 0 Å². The lowest BCUT2D eigenvalue weighted by Crippen LogP contribution is -2.49. The first kappa shape index (κ1) is 32.6. The number of hydrogen-bond donors (Lipinski definition) is 1. The summed E-state index contributed by atoms with van der Waals surface area (Å²) in [6.07, 6.45) is 8.47. The average molecular weight is 590 g/mol. The number of carbonyl (C=O) groups excluding carboxylic acids is 3. The maximum absolute atomic E-state index is 13.4. The maximum atomic E-state index is 13.4. The number of carbonyl (C=O) groups is 3. The van der Waals surface area contributed by atoms with E-state index in [2.05, 4.69) is 53.8 Å². The van der Waals surface area contributed by atoms with Gasteiger partial charge in [-0.1, -0.05) is 60.7 Å². The van der Waals surface area contributed by atoms with E-state index in [1.54, 1.807) is 4.90 Å². The van der Waals surface area contributed by atoms with Crippen LogP contribution in [0.15, 0.2) is 60.7 Å². The van der Waals surface area contributed by atoms with Gasteiger partial charge in [-0.05, 0) is 96.1 Å². The molecule has 7 heteroatoms. The Morgan fingerprint density at radius 1 is 0.744 bits per heavy atom. The molecule has 2 saturated heterocycles. The number of likely N-dealkylation sites (tertiary alicyclic amines) is 2. The number of rotatable bonds is 11. The molecular formula is C36H51N3O4. The van der Waals surface area contributed by atoms with E-state index in [4.69, 9.17) is 4.74 Å². The number of nitrogens with one attached hydrogen (secondary N) is 1. The lowest BCUT2D eigenvalue weighted by Gasteiger charge is -2.37. The van der Waals surface area contributed by atoms with Crippen molar-refractivity contribution >= 4 is 17.9 Å². The van der Waals surface area contributed by atoms with Gasteiger partial charge in [0, 0.05) is 44.1 Å². The smallest absolute Gasteiger partial charge is 0.410 e. The van der Waals surface area contributed by atoms with Crippen molar-refractivity contribution in [2.24, 2.45) is 11.8 Å². The minimum Gasteiger partial charge on any atom is -0.444 e. The summed E-state index contributed by atoms with van der Waals surface area (Å²) in [4.78, 5) is 42.7. The number of aryl methyl sites for hydroxylation is 2. The van der Waals surface area contributed by atoms with Gasteiger partial charge in [0.15, 0.2) is 0 Å². The summed E-state index contributed by atoms with van der Waals surface area (Å²) in [5.74, 6) is 0.191. The van der Waals surface area contributed by atoms with Crippen molar-refractivity contribution in [2.45, 2.75) is 96.6 Å². The molecular weight excluding hydrogens is 538 g/mol. The fourth-order valence-electron chi connectivity index (χ4n) is 6.26. The molecule has 43 heavy (non-hydrogen) atoms. The molecule has 2 aliphatic heterocycles. The molecule has 3 amide bonds. The summed E-state index contributed by atoms with van der Waals surface area (Å²) >= 11 is 0. The Bertz CT molecular complexity index is 1100. The number of amides is 3. The van der Waals surface area contributed by atoms with E-state index in [1.807, 2.05) is 37.8 Å². The molecule has 1 N–H and O–H groups in total. The first-order chi connectivity index (χ1) is 20.7. The number of piperidine rings is 2. The molecule has 2 aliphatic rings. The van der Waals surface area contributed by atoms with Gasteiger partial charge in [-0.2, -0.15) is 0 Å². The van der Waals surface area contributed by atoms with Gasteiger partial charge in [0.2, 0.25) is 11.8 Å². The Morgan fingerprint density at radius 2 is 1.21 bits per heavy atom. The Kier molecular flexibility index (Phi) is 12.1. The molecule has 0 unspecified atom stereocenters. The van der Waals surface area contributed by atoms with Crippen LogP contribution >= 0.6 is 0 Å². The van der Waals surface area contributed by atoms with E-state index in [9.17, 15) is 14.4 Å². The second-order valence-corrected chi connectivity index (χ2v) is 13.3. The van der Waals surface area contributed by atoms with Crippen molar-refractivity contribution in [1.29, 1.82) is 0 Å². The second kappa shape index (κ2) is 15.9. The van der Waals surface area contributed by atoms with Crippen molar-refractivity contribution < 1.29 is 19.1 Å². The van der Waals surface area contributed by atoms with Crippen LogP contribution in [0.4, 0.5) is 4.79 Å². The van der Waals surface area contributed by atoms with Crippen molar-refractivity contribution in [3.63, 3.8) is 0 Å². The zero-order valence-electron chi connectivity index (χ0n) is 26.4. The zero-order valence-corrected chi connectivity index (χ0v) is 26.4. The Morgan fingerprint density at radius 3 is 1.70 bits per heavy atom. The predicted octanol–water partition coefficient (Wildman–Crippen LogP) is 6.40. The Balaban J connectivity index is 1.22. The van der Waals surface area contributed by atoms with Crippen LogP contribution in [0, 0.1) is 11.8 Å². The molecule has 0 bridgehead atoms. The third-order valence-corrected chi connectivity index (χ3v) is 8.74. The van der Waals surface area contributed by atoms with Crippen LogP contribution in [-0.2, 0) is 27.2 Å². The number of hydrogen-bond acceptors (Lipinski definition) is 4. The molecule has 234 valence electrons. The SMILES string of the molecule is CC(C)(C)OC(=O)N1CCC(C(=O)N2CCC(C(=O)NC(CCCc3ccccc3)CCCc3ccccc3)CC2)CC1. The molecule has 2 heterocycles. The summed E-state index contributed by atoms with van der Waals surface area (Å²) in [5.41, 5.74) is 2.15. The molecule has 4 rings (SSSR count). The van der Waals surface area contributed by atoms with E-state index >= 15 is 0 Å². The largest absolute Gasteiger partial charge is 0.444 e. The first-order valence-electron chi connectivity index (χ1n) is 16.3. The van der Waals surface area contributed by atoms with E-state index < -0.39 is 5.60 Å². The average Bonchev–Trinajstić information content (AvgIpc) is 3.01. The molecule has 2 aromatic rings. The Hall–Kier alpha value is -3.35. The quantitative estimate of drug-likeness (QED) is 0.329. The molecule has 0 aromatic heterocycles. The van der Waals surface area contributed by atoms with E-state index in [0.29, 0.717) is 51.9 Å². The van der Waals surface area contributed by atoms with Gasteiger partial charge >= 0.3 is 6.09 Å². The van der Waals surface area contributed by atoms with Crippen LogP contribution < -0.4 is 5.32 Å². The highest BCUT2D eigenvalue weighted by atomic mass is 16.6. The highest BCUT2D eigenvalue weighted by Crippen LogP contribution is 2.25. The standard InChI is InChI=1S/C36H51N3O4/c1-36(2,3)43-35(42)39-26-22-31(23-27-39)34(41)38-24-20-30(21-25-38)33(40)37-32(18-10-16-28-12-6-4-7-13-28)19-11-17-29-14-8-5-9-15-29/h4-9,12-15,30-32H,10-11,16-27H2,1-3H3,(H,37,40). The normalized spacial score (nSPS) is 16.7. The van der Waals surface area contributed by atoms with Crippen LogP contribution in [-0.4, -0.2) is 65.5 Å². The highest BCUT2D eigenvalue weighted by molar-refractivity contribution is 5.81. The van der Waals surface area contributed by atoms with E-state index in [0.717, 1.165) is 38.5 Å². The van der Waals surface area contributed by atoms with Crippen molar-refractivity contribution in [3.05, 3.63) is 71.8 Å². The van der Waals surface area contributed by atoms with Gasteiger partial charge < -0.3 is 19.9 Å². The van der Waals surface area contributed by atoms with Crippen LogP contribution in [0.5, 0.6) is 0 Å². The third kappa shape index (κ3) is 10.7. The molecule has 0 spiro atoms. The summed E-state index contributed by atoms with van der Waals surface area (Å²) in [5, 5.41) is 3.41. The van der Waals surface area contributed by atoms with Gasteiger partial charge in [-0.3, -0.25) is 9.59 Å². The number of ether oxygens (including phenoxy) is 1. The van der Waals surface area contributed by atoms with Crippen LogP contribution in [0.25, 0.3) is 0 Å². The minimum absolute atomic E-state index is 0.0520. The highest BCUT2D eigenvalue weighted by Gasteiger charge is 2.34. The number of nitrogens with zero attached hydrogens (tertiary/aromatic N) is 2. The lowest BCUT2D eigenvalue weighted by molar-refractivity contribution is -0.140. The maximum Gasteiger partial charge on any atom is 0.410 e. The fourth-order valence-corrected chi connectivity index (χ4v) is 6.26. The topological polar surface area (TPSA) is 79.0 Å². The van der Waals surface area contributed by atoms with Gasteiger partial charge in [-0.15, -0.1) is 0 Å². The zero-order chi connectivity index (χ0) is 30.7. The third-order valence-electron chi connectivity index (χ3n) is 8.74. The molecule has 0 atom stereocenters. The van der Waals surface area contributed by atoms with Crippen molar-refractivity contribution in [3.8, 4) is 0 Å². The molecule has 2 fully saturated rings. The molecule has 0 saturated carbocycles. The van der Waals surface area contributed by atoms with Gasteiger partial charge in [0.1, 0.15) is 5.60 Å². The number of benzene rings is 2. The molecule has 0 aliphatic carbocycles. The van der Waals surface area contributed by atoms with Gasteiger partial charge in [0.05, 0.1) is 0 Å². The minimum atomic E-state index is -0.523. The van der Waals surface area contributed by atoms with Crippen LogP contribution in [0.1, 0.15) is 83.3 Å². The van der Waals surface area contributed by atoms with E-state index in [-0.39, 0.29) is 35.8 Å². The second-order valence-electron chi connectivity index (χ2n) is 13.3. The molecule has 7 nitrogen and oxygen atoms in total. The Labute approximate surface area is 258 Å². The summed E-state index contributed by atoms with van der Waals surface area (Å²) in [7, 11) is 0. The molecule has 2 aromatic carbocycles. The predicted molar refractivity (Wildman–Crippen MR) is 171 cm³/mol. The van der Waals surface area contributed by atoms with E-state index in [1.165, 1.54) is 11.1 Å². The summed E-state index contributed by atoms with van der Waals surface area (Å²) < 4.78 is 5.49. The lowest BCUT2D eigenvalue weighted by atomic mass is 9.91. The van der Waals surface area contributed by atoms with Gasteiger partial charge in [-0.25, -0.2) is 4.79 Å². The van der Waals surface area contributed by atoms with Gasteiger partial charge in [0.25, 0.3) is 0 Å². The fraction of sp³-hybridized carbons (Fsp3) is 0.583. The van der Waals surface area contributed by atoms with Crippen molar-refractivity contribution in [1.82, 2.24) is 15.1 Å². The molecule has 0 radical (unpaired) electrons. The summed E-state index contributed by atoms with van der Waals surface area (Å²) in [6, 6.07) is 21.3.